The largest absolute Gasteiger partial charge is 0.372 e. The second-order valence-electron chi connectivity index (χ2n) is 7.77. The van der Waals surface area contributed by atoms with E-state index in [0.717, 1.165) is 38.3 Å². The zero-order chi connectivity index (χ0) is 19.2. The van der Waals surface area contributed by atoms with E-state index in [-0.39, 0.29) is 5.91 Å². The van der Waals surface area contributed by atoms with Gasteiger partial charge < -0.3 is 10.2 Å². The highest BCUT2D eigenvalue weighted by molar-refractivity contribution is 5.75. The van der Waals surface area contributed by atoms with Gasteiger partial charge in [-0.05, 0) is 68.7 Å². The van der Waals surface area contributed by atoms with Gasteiger partial charge in [0.1, 0.15) is 6.54 Å². The number of nitrogens with one attached hydrogen (secondary N) is 1. The van der Waals surface area contributed by atoms with Crippen molar-refractivity contribution in [3.8, 4) is 0 Å². The molecule has 0 bridgehead atoms. The zero-order valence-corrected chi connectivity index (χ0v) is 16.9. The summed E-state index contributed by atoms with van der Waals surface area (Å²) in [7, 11) is 0. The smallest absolute Gasteiger partial charge is 0.241 e. The number of benzene rings is 1. The molecule has 0 aliphatic heterocycles. The number of aryl methyl sites for hydroxylation is 2. The summed E-state index contributed by atoms with van der Waals surface area (Å²) >= 11 is 0. The van der Waals surface area contributed by atoms with Crippen LogP contribution in [0.15, 0.2) is 30.5 Å². The molecule has 0 radical (unpaired) electrons. The van der Waals surface area contributed by atoms with Crippen LogP contribution < -0.4 is 10.2 Å². The topological polar surface area (TPSA) is 50.2 Å². The molecule has 0 fully saturated rings. The molecule has 1 amide bonds. The van der Waals surface area contributed by atoms with Gasteiger partial charge in [0.05, 0.1) is 5.69 Å². The van der Waals surface area contributed by atoms with Crippen LogP contribution in [0, 0.1) is 12.8 Å². The number of rotatable bonds is 8. The third-order valence-corrected chi connectivity index (χ3v) is 5.35. The van der Waals surface area contributed by atoms with E-state index in [1.54, 1.807) is 0 Å². The van der Waals surface area contributed by atoms with E-state index in [9.17, 15) is 4.79 Å². The summed E-state index contributed by atoms with van der Waals surface area (Å²) < 4.78 is 1.81. The standard InChI is InChI=1S/C22H32N4O/c1-4-25(20-8-5-7-17(2)14-20)12-6-11-23-22(27)16-26-15-19-13-18(3)9-10-21(19)24-26/h5,7-8,14-15,18H,4,6,9-13,16H2,1-3H3,(H,23,27). The Bertz CT molecular complexity index is 767. The number of amides is 1. The average molecular weight is 369 g/mol. The highest BCUT2D eigenvalue weighted by atomic mass is 16.2. The number of carbonyl (C=O) groups is 1. The number of hydrogen-bond acceptors (Lipinski definition) is 3. The molecule has 5 heteroatoms. The van der Waals surface area contributed by atoms with Crippen LogP contribution in [0.4, 0.5) is 5.69 Å². The SMILES string of the molecule is CCN(CCCNC(=O)Cn1cc2c(n1)CCC(C)C2)c1cccc(C)c1. The van der Waals surface area contributed by atoms with Gasteiger partial charge in [-0.25, -0.2) is 0 Å². The molecule has 0 spiro atoms. The molecule has 1 unspecified atom stereocenters. The molecular formula is C22H32N4O. The third-order valence-electron chi connectivity index (χ3n) is 5.35. The molecule has 146 valence electrons. The predicted octanol–water partition coefficient (Wildman–Crippen LogP) is 3.35. The fourth-order valence-corrected chi connectivity index (χ4v) is 3.82. The second-order valence-corrected chi connectivity index (χ2v) is 7.77. The van der Waals surface area contributed by atoms with Crippen LogP contribution in [-0.4, -0.2) is 35.3 Å². The minimum Gasteiger partial charge on any atom is -0.372 e. The molecule has 1 aliphatic carbocycles. The van der Waals surface area contributed by atoms with Gasteiger partial charge in [-0.2, -0.15) is 5.10 Å². The van der Waals surface area contributed by atoms with Gasteiger partial charge in [0.25, 0.3) is 0 Å². The molecule has 1 aromatic heterocycles. The highest BCUT2D eigenvalue weighted by Crippen LogP contribution is 2.23. The first kappa shape index (κ1) is 19.5. The molecule has 1 N–H and O–H groups in total. The predicted molar refractivity (Wildman–Crippen MR) is 110 cm³/mol. The van der Waals surface area contributed by atoms with E-state index in [0.29, 0.717) is 13.1 Å². The molecule has 5 nitrogen and oxygen atoms in total. The fourth-order valence-electron chi connectivity index (χ4n) is 3.82. The van der Waals surface area contributed by atoms with E-state index in [4.69, 9.17) is 0 Å². The van der Waals surface area contributed by atoms with Gasteiger partial charge in [-0.3, -0.25) is 9.48 Å². The summed E-state index contributed by atoms with van der Waals surface area (Å²) in [6.07, 6.45) is 6.31. The molecule has 27 heavy (non-hydrogen) atoms. The number of nitrogens with zero attached hydrogens (tertiary/aromatic N) is 3. The maximum absolute atomic E-state index is 12.2. The first-order chi connectivity index (χ1) is 13.0. The Hall–Kier alpha value is -2.30. The van der Waals surface area contributed by atoms with Crippen molar-refractivity contribution in [1.29, 1.82) is 0 Å². The molecule has 0 saturated carbocycles. The van der Waals surface area contributed by atoms with Gasteiger partial charge in [-0.15, -0.1) is 0 Å². The monoisotopic (exact) mass is 368 g/mol. The van der Waals surface area contributed by atoms with E-state index in [2.05, 4.69) is 66.5 Å². The lowest BCUT2D eigenvalue weighted by atomic mass is 9.89. The molecule has 1 aromatic carbocycles. The van der Waals surface area contributed by atoms with Crippen LogP contribution in [0.2, 0.25) is 0 Å². The van der Waals surface area contributed by atoms with E-state index in [1.165, 1.54) is 28.9 Å². The summed E-state index contributed by atoms with van der Waals surface area (Å²) in [5, 5.41) is 7.63. The minimum absolute atomic E-state index is 0.0431. The number of aromatic nitrogens is 2. The van der Waals surface area contributed by atoms with Crippen LogP contribution in [0.1, 0.15) is 43.5 Å². The van der Waals surface area contributed by atoms with Gasteiger partial charge in [0.2, 0.25) is 5.91 Å². The van der Waals surface area contributed by atoms with Crippen LogP contribution >= 0.6 is 0 Å². The molecular weight excluding hydrogens is 336 g/mol. The quantitative estimate of drug-likeness (QED) is 0.727. The van der Waals surface area contributed by atoms with E-state index < -0.39 is 0 Å². The van der Waals surface area contributed by atoms with Gasteiger partial charge >= 0.3 is 0 Å². The fraction of sp³-hybridized carbons (Fsp3) is 0.545. The highest BCUT2D eigenvalue weighted by Gasteiger charge is 2.19. The van der Waals surface area contributed by atoms with Crippen LogP contribution in [0.5, 0.6) is 0 Å². The maximum atomic E-state index is 12.2. The summed E-state index contributed by atoms with van der Waals surface area (Å²) in [6.45, 7) is 9.48. The van der Waals surface area contributed by atoms with Crippen LogP contribution in [-0.2, 0) is 24.2 Å². The number of hydrogen-bond donors (Lipinski definition) is 1. The second kappa shape index (κ2) is 9.07. The van der Waals surface area contributed by atoms with Crippen molar-refractivity contribution < 1.29 is 4.79 Å². The Morgan fingerprint density at radius 2 is 2.26 bits per heavy atom. The summed E-state index contributed by atoms with van der Waals surface area (Å²) in [4.78, 5) is 14.6. The third kappa shape index (κ3) is 5.34. The lowest BCUT2D eigenvalue weighted by Gasteiger charge is -2.23. The molecule has 1 heterocycles. The lowest BCUT2D eigenvalue weighted by Crippen LogP contribution is -2.32. The van der Waals surface area contributed by atoms with Crippen LogP contribution in [0.3, 0.4) is 0 Å². The normalized spacial score (nSPS) is 16.0. The summed E-state index contributed by atoms with van der Waals surface area (Å²) in [5.74, 6) is 0.764. The molecule has 0 saturated heterocycles. The maximum Gasteiger partial charge on any atom is 0.241 e. The first-order valence-electron chi connectivity index (χ1n) is 10.2. The minimum atomic E-state index is 0.0431. The summed E-state index contributed by atoms with van der Waals surface area (Å²) in [5.41, 5.74) is 5.02. The van der Waals surface area contributed by atoms with Crippen LogP contribution in [0.25, 0.3) is 0 Å². The number of carbonyl (C=O) groups excluding carboxylic acids is 1. The number of anilines is 1. The zero-order valence-electron chi connectivity index (χ0n) is 16.9. The van der Waals surface area contributed by atoms with Crippen molar-refractivity contribution in [3.63, 3.8) is 0 Å². The van der Waals surface area contributed by atoms with Crippen molar-refractivity contribution >= 4 is 11.6 Å². The molecule has 2 aromatic rings. The Labute approximate surface area is 162 Å². The van der Waals surface area contributed by atoms with Gasteiger partial charge in [-0.1, -0.05) is 19.1 Å². The molecule has 1 atom stereocenters. The first-order valence-corrected chi connectivity index (χ1v) is 10.2. The van der Waals surface area contributed by atoms with Gasteiger partial charge in [0.15, 0.2) is 0 Å². The van der Waals surface area contributed by atoms with Gasteiger partial charge in [0, 0.05) is 31.5 Å². The van der Waals surface area contributed by atoms with E-state index in [1.807, 2.05) is 4.68 Å². The van der Waals surface area contributed by atoms with Crippen molar-refractivity contribution in [1.82, 2.24) is 15.1 Å². The Morgan fingerprint density at radius 1 is 1.41 bits per heavy atom. The molecule has 3 rings (SSSR count). The van der Waals surface area contributed by atoms with Crippen molar-refractivity contribution in [2.75, 3.05) is 24.5 Å². The van der Waals surface area contributed by atoms with Crippen molar-refractivity contribution in [3.05, 3.63) is 47.3 Å². The van der Waals surface area contributed by atoms with Crippen molar-refractivity contribution in [2.45, 2.75) is 53.0 Å². The molecule has 1 aliphatic rings. The Kier molecular flexibility index (Phi) is 6.54. The van der Waals surface area contributed by atoms with E-state index >= 15 is 0 Å². The number of fused-ring (bicyclic) bond motifs is 1. The lowest BCUT2D eigenvalue weighted by molar-refractivity contribution is -0.121. The Balaban J connectivity index is 1.42. The summed E-state index contributed by atoms with van der Waals surface area (Å²) in [6, 6.07) is 8.57. The Morgan fingerprint density at radius 3 is 3.04 bits per heavy atom. The average Bonchev–Trinajstić information content (AvgIpc) is 3.03. The van der Waals surface area contributed by atoms with Crippen molar-refractivity contribution in [2.24, 2.45) is 5.92 Å².